The van der Waals surface area contributed by atoms with Crippen molar-refractivity contribution in [3.8, 4) is 17.3 Å². The first-order valence-corrected chi connectivity index (χ1v) is 9.32. The molecule has 2 heterocycles. The van der Waals surface area contributed by atoms with Crippen LogP contribution in [0.3, 0.4) is 0 Å². The molecule has 29 heavy (non-hydrogen) atoms. The van der Waals surface area contributed by atoms with E-state index in [1.54, 1.807) is 42.5 Å². The number of carbonyl (C=O) groups excluding carboxylic acids is 2. The van der Waals surface area contributed by atoms with Crippen molar-refractivity contribution in [3.05, 3.63) is 60.0 Å². The van der Waals surface area contributed by atoms with Gasteiger partial charge in [-0.3, -0.25) is 9.59 Å². The monoisotopic (exact) mass is 398 g/mol. The zero-order valence-corrected chi connectivity index (χ0v) is 16.1. The van der Waals surface area contributed by atoms with Crippen LogP contribution < -0.4 is 10.1 Å². The van der Waals surface area contributed by atoms with Gasteiger partial charge in [0.05, 0.1) is 12.9 Å². The molecule has 0 spiro atoms. The first-order chi connectivity index (χ1) is 14.2. The molecular weight excluding hydrogens is 376 g/mol. The maximum Gasteiger partial charge on any atom is 0.325 e. The van der Waals surface area contributed by atoms with Crippen molar-refractivity contribution in [2.75, 3.05) is 13.2 Å². The first-order valence-electron chi connectivity index (χ1n) is 9.32. The Hall–Kier alpha value is -3.55. The van der Waals surface area contributed by atoms with E-state index >= 15 is 0 Å². The predicted octanol–water partition coefficient (Wildman–Crippen LogP) is 3.59. The Labute approximate surface area is 167 Å². The molecule has 0 aliphatic carbocycles. The van der Waals surface area contributed by atoms with E-state index in [1.165, 1.54) is 6.26 Å². The van der Waals surface area contributed by atoms with Gasteiger partial charge < -0.3 is 23.7 Å². The van der Waals surface area contributed by atoms with Gasteiger partial charge in [0.25, 0.3) is 5.91 Å². The molecule has 0 aliphatic rings. The summed E-state index contributed by atoms with van der Waals surface area (Å²) in [5.74, 6) is 0.723. The summed E-state index contributed by atoms with van der Waals surface area (Å²) in [4.78, 5) is 24.0. The fourth-order valence-electron chi connectivity index (χ4n) is 2.41. The molecule has 0 saturated carbocycles. The molecule has 8 heteroatoms. The summed E-state index contributed by atoms with van der Waals surface area (Å²) >= 11 is 0. The third-order valence-corrected chi connectivity index (χ3v) is 3.98. The van der Waals surface area contributed by atoms with Crippen LogP contribution in [0.2, 0.25) is 0 Å². The van der Waals surface area contributed by atoms with Crippen LogP contribution in [-0.2, 0) is 16.1 Å². The average Bonchev–Trinajstić information content (AvgIpc) is 3.43. The van der Waals surface area contributed by atoms with Gasteiger partial charge in [0, 0.05) is 11.6 Å². The highest BCUT2D eigenvalue weighted by Gasteiger charge is 2.12. The molecule has 0 atom stereocenters. The number of carbonyl (C=O) groups is 2. The number of rotatable bonds is 10. The zero-order chi connectivity index (χ0) is 20.5. The van der Waals surface area contributed by atoms with E-state index in [2.05, 4.69) is 17.4 Å². The third-order valence-electron chi connectivity index (χ3n) is 3.98. The van der Waals surface area contributed by atoms with Gasteiger partial charge >= 0.3 is 5.97 Å². The van der Waals surface area contributed by atoms with Crippen LogP contribution in [0.1, 0.15) is 35.8 Å². The number of amides is 1. The smallest absolute Gasteiger partial charge is 0.325 e. The Kier molecular flexibility index (Phi) is 7.05. The van der Waals surface area contributed by atoms with E-state index in [-0.39, 0.29) is 19.1 Å². The molecule has 3 rings (SSSR count). The molecule has 8 nitrogen and oxygen atoms in total. The quantitative estimate of drug-likeness (QED) is 0.411. The van der Waals surface area contributed by atoms with Crippen molar-refractivity contribution in [1.29, 1.82) is 0 Å². The predicted molar refractivity (Wildman–Crippen MR) is 103 cm³/mol. The Bertz CT molecular complexity index is 915. The number of nitrogens with one attached hydrogen (secondary N) is 1. The van der Waals surface area contributed by atoms with Crippen molar-refractivity contribution in [2.45, 2.75) is 26.4 Å². The van der Waals surface area contributed by atoms with Crippen LogP contribution in [0.4, 0.5) is 0 Å². The number of furan rings is 1. The summed E-state index contributed by atoms with van der Waals surface area (Å²) in [6.45, 7) is 2.41. The number of benzene rings is 1. The second-order valence-corrected chi connectivity index (χ2v) is 6.23. The normalized spacial score (nSPS) is 10.5. The molecule has 0 saturated heterocycles. The lowest BCUT2D eigenvalue weighted by atomic mass is 10.2. The third kappa shape index (κ3) is 5.97. The second kappa shape index (κ2) is 10.1. The molecule has 3 aromatic rings. The first kappa shape index (κ1) is 20.2. The molecule has 152 valence electrons. The van der Waals surface area contributed by atoms with E-state index in [0.717, 1.165) is 12.8 Å². The van der Waals surface area contributed by atoms with E-state index in [0.29, 0.717) is 35.1 Å². The second-order valence-electron chi connectivity index (χ2n) is 6.23. The molecule has 0 aliphatic heterocycles. The van der Waals surface area contributed by atoms with E-state index in [4.69, 9.17) is 18.4 Å². The van der Waals surface area contributed by atoms with Gasteiger partial charge in [-0.15, -0.1) is 0 Å². The van der Waals surface area contributed by atoms with Crippen molar-refractivity contribution < 1.29 is 28.0 Å². The van der Waals surface area contributed by atoms with Gasteiger partial charge in [-0.25, -0.2) is 0 Å². The van der Waals surface area contributed by atoms with E-state index in [1.807, 2.05) is 0 Å². The molecule has 0 radical (unpaired) electrons. The molecule has 2 aromatic heterocycles. The molecule has 0 unspecified atom stereocenters. The van der Waals surface area contributed by atoms with Gasteiger partial charge in [-0.2, -0.15) is 0 Å². The number of ether oxygens (including phenoxy) is 2. The van der Waals surface area contributed by atoms with Gasteiger partial charge in [0.1, 0.15) is 24.6 Å². The molecule has 0 bridgehead atoms. The van der Waals surface area contributed by atoms with Gasteiger partial charge in [-0.05, 0) is 42.8 Å². The maximum absolute atomic E-state index is 12.1. The maximum atomic E-state index is 12.1. The van der Waals surface area contributed by atoms with Crippen LogP contribution in [0.25, 0.3) is 11.5 Å². The van der Waals surface area contributed by atoms with E-state index in [9.17, 15) is 9.59 Å². The summed E-state index contributed by atoms with van der Waals surface area (Å²) in [7, 11) is 0. The fraction of sp³-hybridized carbons (Fsp3) is 0.286. The average molecular weight is 398 g/mol. The van der Waals surface area contributed by atoms with Crippen LogP contribution >= 0.6 is 0 Å². The van der Waals surface area contributed by atoms with Gasteiger partial charge in [-0.1, -0.05) is 18.5 Å². The SMILES string of the molecule is CCCCOc1ccc(C(=O)NCC(=O)OCc2cc(-c3ccco3)on2)cc1. The summed E-state index contributed by atoms with van der Waals surface area (Å²) < 4.78 is 21.0. The summed E-state index contributed by atoms with van der Waals surface area (Å²) in [6, 6.07) is 11.8. The highest BCUT2D eigenvalue weighted by Crippen LogP contribution is 2.20. The summed E-state index contributed by atoms with van der Waals surface area (Å²) in [5, 5.41) is 6.33. The molecule has 0 fully saturated rings. The molecule has 1 N–H and O–H groups in total. The lowest BCUT2D eigenvalue weighted by Crippen LogP contribution is -2.30. The lowest BCUT2D eigenvalue weighted by molar-refractivity contribution is -0.143. The number of hydrogen-bond acceptors (Lipinski definition) is 7. The summed E-state index contributed by atoms with van der Waals surface area (Å²) in [5.41, 5.74) is 0.870. The minimum Gasteiger partial charge on any atom is -0.494 e. The topological polar surface area (TPSA) is 104 Å². The lowest BCUT2D eigenvalue weighted by Gasteiger charge is -2.07. The van der Waals surface area contributed by atoms with Crippen LogP contribution in [-0.4, -0.2) is 30.2 Å². The van der Waals surface area contributed by atoms with E-state index < -0.39 is 5.97 Å². The van der Waals surface area contributed by atoms with Crippen LogP contribution in [0.5, 0.6) is 5.75 Å². The Morgan fingerprint density at radius 2 is 1.97 bits per heavy atom. The largest absolute Gasteiger partial charge is 0.494 e. The fourth-order valence-corrected chi connectivity index (χ4v) is 2.41. The number of hydrogen-bond donors (Lipinski definition) is 1. The highest BCUT2D eigenvalue weighted by atomic mass is 16.5. The molecule has 1 amide bonds. The number of nitrogens with zero attached hydrogens (tertiary/aromatic N) is 1. The number of unbranched alkanes of at least 4 members (excludes halogenated alkanes) is 1. The van der Waals surface area contributed by atoms with Crippen molar-refractivity contribution in [3.63, 3.8) is 0 Å². The van der Waals surface area contributed by atoms with Crippen molar-refractivity contribution in [1.82, 2.24) is 10.5 Å². The highest BCUT2D eigenvalue weighted by molar-refractivity contribution is 5.96. The van der Waals surface area contributed by atoms with Gasteiger partial charge in [0.15, 0.2) is 5.76 Å². The number of esters is 1. The standard InChI is InChI=1S/C21H22N2O6/c1-2-3-10-26-17-8-6-15(7-9-17)21(25)22-13-20(24)28-14-16-12-19(29-23-16)18-5-4-11-27-18/h4-9,11-12H,2-3,10,13-14H2,1H3,(H,22,25). The van der Waals surface area contributed by atoms with Crippen LogP contribution in [0.15, 0.2) is 57.7 Å². The van der Waals surface area contributed by atoms with Crippen molar-refractivity contribution >= 4 is 11.9 Å². The molecule has 1 aromatic carbocycles. The minimum atomic E-state index is -0.583. The van der Waals surface area contributed by atoms with Crippen molar-refractivity contribution in [2.24, 2.45) is 0 Å². The van der Waals surface area contributed by atoms with Crippen LogP contribution in [0, 0.1) is 0 Å². The zero-order valence-electron chi connectivity index (χ0n) is 16.1. The summed E-state index contributed by atoms with van der Waals surface area (Å²) in [6.07, 6.45) is 3.55. The number of aromatic nitrogens is 1. The van der Waals surface area contributed by atoms with Gasteiger partial charge in [0.2, 0.25) is 5.76 Å². The Morgan fingerprint density at radius 1 is 1.14 bits per heavy atom. The molecular formula is C21H22N2O6. The Morgan fingerprint density at radius 3 is 2.69 bits per heavy atom. The minimum absolute atomic E-state index is 0.0668. The Balaban J connectivity index is 1.40.